The largest absolute Gasteiger partial charge is 0.348 e. The number of pyridine rings is 1. The van der Waals surface area contributed by atoms with Gasteiger partial charge < -0.3 is 9.88 Å². The van der Waals surface area contributed by atoms with E-state index >= 15 is 0 Å². The van der Waals surface area contributed by atoms with Gasteiger partial charge in [0.05, 0.1) is 17.7 Å². The Kier molecular flexibility index (Phi) is 4.10. The lowest BCUT2D eigenvalue weighted by Gasteiger charge is -2.13. The molecule has 3 heterocycles. The molecule has 0 unspecified atom stereocenters. The van der Waals surface area contributed by atoms with Crippen LogP contribution in [0.4, 0.5) is 0 Å². The highest BCUT2D eigenvalue weighted by Gasteiger charge is 2.23. The topological polar surface area (TPSA) is 92.1 Å². The molecule has 8 heteroatoms. The smallest absolute Gasteiger partial charge is 0.275 e. The average Bonchev–Trinajstić information content (AvgIpc) is 3.26. The molecule has 1 aromatic rings. The number of carbonyl (C=O) groups is 1. The highest BCUT2D eigenvalue weighted by atomic mass is 32.2. The molecule has 1 amide bonds. The van der Waals surface area contributed by atoms with E-state index in [9.17, 15) is 9.59 Å². The second-order valence-corrected chi connectivity index (χ2v) is 6.72. The molecule has 0 saturated carbocycles. The van der Waals surface area contributed by atoms with Crippen LogP contribution in [-0.2, 0) is 6.54 Å². The summed E-state index contributed by atoms with van der Waals surface area (Å²) < 4.78 is 1.83. The van der Waals surface area contributed by atoms with Crippen molar-refractivity contribution < 1.29 is 4.79 Å². The maximum atomic E-state index is 12.7. The number of nitrogens with zero attached hydrogens (tertiary/aromatic N) is 3. The maximum Gasteiger partial charge on any atom is 0.275 e. The van der Waals surface area contributed by atoms with Gasteiger partial charge in [-0.25, -0.2) is 5.10 Å². The van der Waals surface area contributed by atoms with Crippen molar-refractivity contribution in [1.29, 1.82) is 0 Å². The zero-order chi connectivity index (χ0) is 17.2. The Bertz CT molecular complexity index is 976. The third-order valence-corrected chi connectivity index (χ3v) is 4.76. The Morgan fingerprint density at radius 1 is 1.28 bits per heavy atom. The van der Waals surface area contributed by atoms with E-state index in [-0.39, 0.29) is 11.5 Å². The predicted molar refractivity (Wildman–Crippen MR) is 97.2 cm³/mol. The minimum Gasteiger partial charge on any atom is -0.348 e. The van der Waals surface area contributed by atoms with Crippen molar-refractivity contribution in [1.82, 2.24) is 20.1 Å². The Morgan fingerprint density at radius 3 is 2.88 bits per heavy atom. The normalized spacial score (nSPS) is 13.8. The van der Waals surface area contributed by atoms with E-state index in [4.69, 9.17) is 0 Å². The van der Waals surface area contributed by atoms with Gasteiger partial charge in [-0.05, 0) is 5.56 Å². The molecule has 0 radical (unpaired) electrons. The number of amides is 1. The first kappa shape index (κ1) is 15.6. The summed E-state index contributed by atoms with van der Waals surface area (Å²) >= 11 is 1.50. The van der Waals surface area contributed by atoms with Crippen LogP contribution in [0.1, 0.15) is 15.9 Å². The van der Waals surface area contributed by atoms with Crippen molar-refractivity contribution in [2.45, 2.75) is 6.54 Å². The van der Waals surface area contributed by atoms with Crippen molar-refractivity contribution in [2.24, 2.45) is 4.99 Å². The first-order valence-electron chi connectivity index (χ1n) is 7.81. The fourth-order valence-corrected chi connectivity index (χ4v) is 3.44. The van der Waals surface area contributed by atoms with Crippen LogP contribution < -0.4 is 10.9 Å². The molecule has 2 N–H and O–H groups in total. The quantitative estimate of drug-likeness (QED) is 0.747. The van der Waals surface area contributed by atoms with Crippen LogP contribution in [0, 0.1) is 0 Å². The number of rotatable bonds is 3. The molecule has 4 rings (SSSR count). The molecule has 0 bridgehead atoms. The molecular weight excluding hydrogens is 338 g/mol. The van der Waals surface area contributed by atoms with Gasteiger partial charge in [-0.3, -0.25) is 14.6 Å². The van der Waals surface area contributed by atoms with Gasteiger partial charge >= 0.3 is 0 Å². The van der Waals surface area contributed by atoms with E-state index in [1.165, 1.54) is 11.8 Å². The van der Waals surface area contributed by atoms with E-state index in [2.05, 4.69) is 20.5 Å². The van der Waals surface area contributed by atoms with Gasteiger partial charge in [0, 0.05) is 24.7 Å². The molecule has 0 atom stereocenters. The van der Waals surface area contributed by atoms with E-state index in [1.807, 2.05) is 34.9 Å². The van der Waals surface area contributed by atoms with Gasteiger partial charge in [0.15, 0.2) is 5.17 Å². The Labute approximate surface area is 147 Å². The number of H-pyrrole nitrogens is 1. The SMILES string of the molecule is O=C(NC1=NCCS1)c1cn(Cc2ccccc2)cc2c(=O)[nH]nc1-2. The molecule has 3 aliphatic rings. The van der Waals surface area contributed by atoms with Crippen LogP contribution in [0.5, 0.6) is 0 Å². The summed E-state index contributed by atoms with van der Waals surface area (Å²) in [5.41, 5.74) is 1.88. The number of aliphatic imine (C=N–C) groups is 1. The minimum atomic E-state index is -0.313. The number of aromatic amines is 1. The zero-order valence-corrected chi connectivity index (χ0v) is 14.0. The van der Waals surface area contributed by atoms with Crippen LogP contribution >= 0.6 is 11.8 Å². The number of thioether (sulfide) groups is 1. The molecule has 7 nitrogen and oxygen atoms in total. The third-order valence-electron chi connectivity index (χ3n) is 3.87. The van der Waals surface area contributed by atoms with Gasteiger partial charge in [-0.15, -0.1) is 0 Å². The molecule has 1 aromatic carbocycles. The molecule has 0 aliphatic carbocycles. The van der Waals surface area contributed by atoms with Gasteiger partial charge in [0.2, 0.25) is 0 Å². The van der Waals surface area contributed by atoms with Gasteiger partial charge in [-0.1, -0.05) is 42.1 Å². The molecule has 0 saturated heterocycles. The van der Waals surface area contributed by atoms with Crippen LogP contribution in [0.25, 0.3) is 11.3 Å². The minimum absolute atomic E-state index is 0.306. The molecule has 25 heavy (non-hydrogen) atoms. The number of benzene rings is 1. The van der Waals surface area contributed by atoms with Crippen LogP contribution in [-0.4, -0.2) is 38.1 Å². The number of fused-ring (bicyclic) bond motifs is 1. The second kappa shape index (κ2) is 6.56. The summed E-state index contributed by atoms with van der Waals surface area (Å²) in [6, 6.07) is 9.84. The zero-order valence-electron chi connectivity index (χ0n) is 13.2. The lowest BCUT2D eigenvalue weighted by atomic mass is 10.1. The van der Waals surface area contributed by atoms with E-state index in [1.54, 1.807) is 12.4 Å². The first-order valence-corrected chi connectivity index (χ1v) is 8.80. The summed E-state index contributed by atoms with van der Waals surface area (Å²) in [6.45, 7) is 1.25. The average molecular weight is 353 g/mol. The Balaban J connectivity index is 1.72. The molecule has 0 fully saturated rings. The van der Waals surface area contributed by atoms with Gasteiger partial charge in [0.25, 0.3) is 11.5 Å². The van der Waals surface area contributed by atoms with Crippen molar-refractivity contribution in [3.8, 4) is 11.3 Å². The second-order valence-electron chi connectivity index (χ2n) is 5.63. The van der Waals surface area contributed by atoms with E-state index in [0.29, 0.717) is 35.1 Å². The molecule has 3 aliphatic heterocycles. The molecular formula is C17H15N5O2S. The number of nitrogens with one attached hydrogen (secondary N) is 2. The van der Waals surface area contributed by atoms with Crippen molar-refractivity contribution >= 4 is 22.8 Å². The summed E-state index contributed by atoms with van der Waals surface area (Å²) in [6.07, 6.45) is 3.43. The lowest BCUT2D eigenvalue weighted by molar-refractivity contribution is 0.0977. The summed E-state index contributed by atoms with van der Waals surface area (Å²) in [7, 11) is 0. The third kappa shape index (κ3) is 3.20. The number of aromatic nitrogens is 3. The number of amidine groups is 1. The highest BCUT2D eigenvalue weighted by molar-refractivity contribution is 8.14. The molecule has 0 spiro atoms. The lowest BCUT2D eigenvalue weighted by Crippen LogP contribution is -2.28. The van der Waals surface area contributed by atoms with Crippen LogP contribution in [0.2, 0.25) is 0 Å². The van der Waals surface area contributed by atoms with Crippen LogP contribution in [0.3, 0.4) is 0 Å². The van der Waals surface area contributed by atoms with Crippen molar-refractivity contribution in [3.63, 3.8) is 0 Å². The first-order chi connectivity index (χ1) is 12.2. The highest BCUT2D eigenvalue weighted by Crippen LogP contribution is 2.21. The Hall–Kier alpha value is -2.87. The van der Waals surface area contributed by atoms with Crippen LogP contribution in [0.15, 0.2) is 52.5 Å². The standard InChI is InChI=1S/C17H15N5O2S/c23-15(19-17-18-6-7-25-17)12-9-22(8-11-4-2-1-3-5-11)10-13-14(12)20-21-16(13)24/h1-5,9-10H,6-8H2,(H,21,24)(H,18,19,23). The fraction of sp³-hybridized carbons (Fsp3) is 0.176. The Morgan fingerprint density at radius 2 is 2.12 bits per heavy atom. The van der Waals surface area contributed by atoms with Crippen molar-refractivity contribution in [3.05, 3.63) is 64.2 Å². The summed E-state index contributed by atoms with van der Waals surface area (Å²) in [4.78, 5) is 28.9. The predicted octanol–water partition coefficient (Wildman–Crippen LogP) is 1.56. The number of carbonyl (C=O) groups excluding carboxylic acids is 1. The summed E-state index contributed by atoms with van der Waals surface area (Å²) in [5, 5.41) is 9.82. The number of hydrogen-bond donors (Lipinski definition) is 2. The number of hydrogen-bond acceptors (Lipinski definition) is 5. The van der Waals surface area contributed by atoms with E-state index in [0.717, 1.165) is 11.3 Å². The van der Waals surface area contributed by atoms with Crippen molar-refractivity contribution in [2.75, 3.05) is 12.3 Å². The fourth-order valence-electron chi connectivity index (χ4n) is 2.72. The summed E-state index contributed by atoms with van der Waals surface area (Å²) in [5.74, 6) is 0.549. The molecule has 126 valence electrons. The van der Waals surface area contributed by atoms with Gasteiger partial charge in [0.1, 0.15) is 5.69 Å². The monoisotopic (exact) mass is 353 g/mol. The van der Waals surface area contributed by atoms with E-state index < -0.39 is 0 Å². The molecule has 0 aromatic heterocycles. The van der Waals surface area contributed by atoms with Gasteiger partial charge in [-0.2, -0.15) is 5.10 Å². The maximum absolute atomic E-state index is 12.7.